The van der Waals surface area contributed by atoms with Gasteiger partial charge >= 0.3 is 0 Å². The fraction of sp³-hybridized carbons (Fsp3) is 0. The first-order valence-electron chi connectivity index (χ1n) is 9.95. The molecule has 0 saturated carbocycles. The lowest BCUT2D eigenvalue weighted by Crippen LogP contribution is -2.08. The highest BCUT2D eigenvalue weighted by atomic mass is 16.5. The molecule has 0 bridgehead atoms. The molecule has 6 rings (SSSR count). The molecule has 0 aliphatic heterocycles. The third-order valence-corrected chi connectivity index (χ3v) is 5.57. The van der Waals surface area contributed by atoms with Crippen LogP contribution in [0.4, 0.5) is 0 Å². The zero-order valence-electron chi connectivity index (χ0n) is 16.3. The van der Waals surface area contributed by atoms with Crippen LogP contribution in [0.3, 0.4) is 0 Å². The Labute approximate surface area is 175 Å². The van der Waals surface area contributed by atoms with Crippen molar-refractivity contribution in [3.8, 4) is 11.5 Å². The highest BCUT2D eigenvalue weighted by Gasteiger charge is 2.12. The first kappa shape index (κ1) is 17.5. The van der Waals surface area contributed by atoms with Crippen molar-refractivity contribution < 1.29 is 4.74 Å². The SMILES string of the molecule is O=c1c2ccccc2[nH]c2cc3c(=O)c4cc(Oc5ccccc5)ccc4[nH]c3cc12. The number of nitrogens with one attached hydrogen (secondary N) is 2. The molecule has 5 nitrogen and oxygen atoms in total. The van der Waals surface area contributed by atoms with Crippen LogP contribution >= 0.6 is 0 Å². The van der Waals surface area contributed by atoms with E-state index in [1.807, 2.05) is 60.7 Å². The number of hydrogen-bond acceptors (Lipinski definition) is 3. The van der Waals surface area contributed by atoms with Crippen molar-refractivity contribution in [1.29, 1.82) is 0 Å². The van der Waals surface area contributed by atoms with Gasteiger partial charge in [-0.1, -0.05) is 30.3 Å². The van der Waals surface area contributed by atoms with E-state index < -0.39 is 0 Å². The summed E-state index contributed by atoms with van der Waals surface area (Å²) < 4.78 is 5.89. The van der Waals surface area contributed by atoms with Gasteiger partial charge in [0.15, 0.2) is 10.9 Å². The third-order valence-electron chi connectivity index (χ3n) is 5.57. The fourth-order valence-corrected chi connectivity index (χ4v) is 4.06. The molecular weight excluding hydrogens is 388 g/mol. The number of pyridine rings is 2. The summed E-state index contributed by atoms with van der Waals surface area (Å²) in [6.07, 6.45) is 0. The van der Waals surface area contributed by atoms with Gasteiger partial charge in [0.25, 0.3) is 0 Å². The van der Waals surface area contributed by atoms with Crippen LogP contribution in [-0.4, -0.2) is 9.97 Å². The molecule has 0 radical (unpaired) electrons. The molecule has 31 heavy (non-hydrogen) atoms. The largest absolute Gasteiger partial charge is 0.457 e. The fourth-order valence-electron chi connectivity index (χ4n) is 4.06. The summed E-state index contributed by atoms with van der Waals surface area (Å²) in [6, 6.07) is 25.7. The lowest BCUT2D eigenvalue weighted by atomic mass is 10.1. The molecule has 2 heterocycles. The third kappa shape index (κ3) is 2.79. The minimum atomic E-state index is -0.113. The maximum absolute atomic E-state index is 13.3. The average Bonchev–Trinajstić information content (AvgIpc) is 2.80. The average molecular weight is 404 g/mol. The Balaban J connectivity index is 1.60. The maximum Gasteiger partial charge on any atom is 0.197 e. The highest BCUT2D eigenvalue weighted by molar-refractivity contribution is 6.02. The van der Waals surface area contributed by atoms with E-state index in [1.54, 1.807) is 24.3 Å². The Bertz CT molecular complexity index is 1750. The van der Waals surface area contributed by atoms with Crippen molar-refractivity contribution in [2.24, 2.45) is 0 Å². The van der Waals surface area contributed by atoms with Gasteiger partial charge in [0.2, 0.25) is 0 Å². The Kier molecular flexibility index (Phi) is 3.70. The van der Waals surface area contributed by atoms with Crippen LogP contribution in [0.5, 0.6) is 11.5 Å². The predicted molar refractivity (Wildman–Crippen MR) is 124 cm³/mol. The molecule has 0 fully saturated rings. The lowest BCUT2D eigenvalue weighted by Gasteiger charge is -2.09. The number of rotatable bonds is 2. The second-order valence-corrected chi connectivity index (χ2v) is 7.52. The Morgan fingerprint density at radius 3 is 1.81 bits per heavy atom. The number of para-hydroxylation sites is 2. The molecule has 148 valence electrons. The van der Waals surface area contributed by atoms with Gasteiger partial charge in [-0.15, -0.1) is 0 Å². The smallest absolute Gasteiger partial charge is 0.197 e. The minimum absolute atomic E-state index is 0.0567. The van der Waals surface area contributed by atoms with Crippen LogP contribution < -0.4 is 15.6 Å². The molecule has 0 atom stereocenters. The van der Waals surface area contributed by atoms with E-state index in [4.69, 9.17) is 4.74 Å². The quantitative estimate of drug-likeness (QED) is 0.376. The predicted octanol–water partition coefficient (Wildman–Crippen LogP) is 5.47. The molecule has 0 spiro atoms. The van der Waals surface area contributed by atoms with Crippen LogP contribution in [0.1, 0.15) is 0 Å². The molecular formula is C26H16N2O3. The number of aromatic amines is 2. The highest BCUT2D eigenvalue weighted by Crippen LogP contribution is 2.26. The molecule has 2 N–H and O–H groups in total. The summed E-state index contributed by atoms with van der Waals surface area (Å²) >= 11 is 0. The van der Waals surface area contributed by atoms with E-state index in [0.717, 1.165) is 5.52 Å². The van der Waals surface area contributed by atoms with Gasteiger partial charge in [-0.05, 0) is 54.6 Å². The zero-order valence-corrected chi connectivity index (χ0v) is 16.3. The normalized spacial score (nSPS) is 11.5. The van der Waals surface area contributed by atoms with Crippen LogP contribution in [0.25, 0.3) is 43.6 Å². The summed E-state index contributed by atoms with van der Waals surface area (Å²) in [5.41, 5.74) is 2.53. The van der Waals surface area contributed by atoms with Gasteiger partial charge in [-0.2, -0.15) is 0 Å². The molecule has 0 aliphatic rings. The Morgan fingerprint density at radius 2 is 1.06 bits per heavy atom. The van der Waals surface area contributed by atoms with E-state index in [1.165, 1.54) is 0 Å². The van der Waals surface area contributed by atoms with Crippen molar-refractivity contribution in [2.45, 2.75) is 0 Å². The van der Waals surface area contributed by atoms with Crippen molar-refractivity contribution in [2.75, 3.05) is 0 Å². The molecule has 0 saturated heterocycles. The molecule has 6 aromatic rings. The standard InChI is InChI=1S/C26H16N2O3/c29-25-17-8-4-5-9-21(17)27-23-14-20-24(13-19(23)25)28-22-11-10-16(12-18(22)26(20)30)31-15-6-2-1-3-7-15/h1-14H,(H,27,29)(H,28,30). The molecule has 0 aliphatic carbocycles. The van der Waals surface area contributed by atoms with Crippen molar-refractivity contribution >= 4 is 43.6 Å². The van der Waals surface area contributed by atoms with Crippen molar-refractivity contribution in [3.05, 3.63) is 105 Å². The van der Waals surface area contributed by atoms with Crippen LogP contribution in [0, 0.1) is 0 Å². The van der Waals surface area contributed by atoms with Gasteiger partial charge in [0, 0.05) is 27.1 Å². The van der Waals surface area contributed by atoms with E-state index in [-0.39, 0.29) is 10.9 Å². The Hall–Kier alpha value is -4.38. The number of aromatic nitrogens is 2. The monoisotopic (exact) mass is 404 g/mol. The lowest BCUT2D eigenvalue weighted by molar-refractivity contribution is 0.483. The number of hydrogen-bond donors (Lipinski definition) is 2. The molecule has 5 heteroatoms. The molecule has 0 unspecified atom stereocenters. The summed E-state index contributed by atoms with van der Waals surface area (Å²) in [5, 5.41) is 2.22. The summed E-state index contributed by atoms with van der Waals surface area (Å²) in [5.74, 6) is 1.29. The number of ether oxygens (including phenoxy) is 1. The van der Waals surface area contributed by atoms with Gasteiger partial charge in [0.1, 0.15) is 11.5 Å². The first-order valence-corrected chi connectivity index (χ1v) is 9.95. The topological polar surface area (TPSA) is 74.9 Å². The molecule has 0 amide bonds. The molecule has 4 aromatic carbocycles. The summed E-state index contributed by atoms with van der Waals surface area (Å²) in [4.78, 5) is 32.9. The second kappa shape index (κ2) is 6.57. The van der Waals surface area contributed by atoms with Crippen molar-refractivity contribution in [3.63, 3.8) is 0 Å². The number of benzene rings is 4. The van der Waals surface area contributed by atoms with Gasteiger partial charge < -0.3 is 14.7 Å². The summed E-state index contributed by atoms with van der Waals surface area (Å²) in [7, 11) is 0. The van der Waals surface area contributed by atoms with Crippen LogP contribution in [0.2, 0.25) is 0 Å². The first-order chi connectivity index (χ1) is 15.2. The maximum atomic E-state index is 13.3. The number of fused-ring (bicyclic) bond motifs is 4. The van der Waals surface area contributed by atoms with E-state index in [0.29, 0.717) is 49.6 Å². The second-order valence-electron chi connectivity index (χ2n) is 7.52. The van der Waals surface area contributed by atoms with E-state index in [9.17, 15) is 9.59 Å². The zero-order chi connectivity index (χ0) is 20.9. The van der Waals surface area contributed by atoms with E-state index >= 15 is 0 Å². The van der Waals surface area contributed by atoms with Gasteiger partial charge in [-0.25, -0.2) is 0 Å². The number of H-pyrrole nitrogens is 2. The van der Waals surface area contributed by atoms with E-state index in [2.05, 4.69) is 9.97 Å². The summed E-state index contributed by atoms with van der Waals surface area (Å²) in [6.45, 7) is 0. The van der Waals surface area contributed by atoms with Crippen molar-refractivity contribution in [1.82, 2.24) is 9.97 Å². The molecule has 2 aromatic heterocycles. The van der Waals surface area contributed by atoms with Crippen LogP contribution in [0.15, 0.2) is 94.5 Å². The van der Waals surface area contributed by atoms with Gasteiger partial charge in [0.05, 0.1) is 16.6 Å². The minimum Gasteiger partial charge on any atom is -0.457 e. The van der Waals surface area contributed by atoms with Gasteiger partial charge in [-0.3, -0.25) is 9.59 Å². The Morgan fingerprint density at radius 1 is 0.484 bits per heavy atom. The van der Waals surface area contributed by atoms with Crippen LogP contribution in [-0.2, 0) is 0 Å².